The van der Waals surface area contributed by atoms with E-state index < -0.39 is 0 Å². The topological polar surface area (TPSA) is 42.4 Å². The van der Waals surface area contributed by atoms with Gasteiger partial charge in [-0.1, -0.05) is 41.7 Å². The molecule has 0 spiro atoms. The van der Waals surface area contributed by atoms with E-state index in [-0.39, 0.29) is 0 Å². The van der Waals surface area contributed by atoms with Gasteiger partial charge in [0.1, 0.15) is 0 Å². The van der Waals surface area contributed by atoms with Crippen LogP contribution in [0.1, 0.15) is 20.9 Å². The highest BCUT2D eigenvalue weighted by molar-refractivity contribution is 7.17. The summed E-state index contributed by atoms with van der Waals surface area (Å²) in [5.41, 5.74) is 1.92. The van der Waals surface area contributed by atoms with Crippen molar-refractivity contribution in [2.24, 2.45) is 0 Å². The number of thiazole rings is 1. The fourth-order valence-corrected chi connectivity index (χ4v) is 2.61. The second kappa shape index (κ2) is 6.45. The van der Waals surface area contributed by atoms with Gasteiger partial charge >= 0.3 is 0 Å². The summed E-state index contributed by atoms with van der Waals surface area (Å²) in [6.45, 7) is 1.13. The van der Waals surface area contributed by atoms with Crippen molar-refractivity contribution < 1.29 is 9.53 Å². The van der Waals surface area contributed by atoms with Crippen LogP contribution in [-0.2, 0) is 17.9 Å². The SMILES string of the molecule is COCc1nc(N(C)Cc2ccccc2)sc1C=O. The summed E-state index contributed by atoms with van der Waals surface area (Å²) in [6, 6.07) is 10.2. The lowest BCUT2D eigenvalue weighted by Gasteiger charge is -2.15. The summed E-state index contributed by atoms with van der Waals surface area (Å²) in [7, 11) is 3.57. The zero-order valence-corrected chi connectivity index (χ0v) is 11.8. The molecule has 0 saturated heterocycles. The van der Waals surface area contributed by atoms with Gasteiger partial charge in [0, 0.05) is 20.7 Å². The number of methoxy groups -OCH3 is 1. The van der Waals surface area contributed by atoms with Crippen LogP contribution >= 0.6 is 11.3 Å². The van der Waals surface area contributed by atoms with Crippen LogP contribution in [0.5, 0.6) is 0 Å². The van der Waals surface area contributed by atoms with Gasteiger partial charge in [-0.25, -0.2) is 4.98 Å². The van der Waals surface area contributed by atoms with Gasteiger partial charge in [0.2, 0.25) is 0 Å². The monoisotopic (exact) mass is 276 g/mol. The Morgan fingerprint density at radius 2 is 2.11 bits per heavy atom. The van der Waals surface area contributed by atoms with Crippen LogP contribution in [0, 0.1) is 0 Å². The maximum Gasteiger partial charge on any atom is 0.186 e. The van der Waals surface area contributed by atoms with Crippen molar-refractivity contribution >= 4 is 22.8 Å². The normalized spacial score (nSPS) is 10.4. The van der Waals surface area contributed by atoms with Gasteiger partial charge in [0.05, 0.1) is 17.2 Å². The smallest absolute Gasteiger partial charge is 0.186 e. The molecule has 4 nitrogen and oxygen atoms in total. The van der Waals surface area contributed by atoms with Crippen molar-refractivity contribution in [3.05, 3.63) is 46.5 Å². The third-order valence-corrected chi connectivity index (χ3v) is 3.83. The van der Waals surface area contributed by atoms with Crippen LogP contribution in [0.2, 0.25) is 0 Å². The standard InChI is InChI=1S/C14H16N2O2S/c1-16(8-11-6-4-3-5-7-11)14-15-12(10-18-2)13(9-17)19-14/h3-7,9H,8,10H2,1-2H3. The predicted molar refractivity (Wildman–Crippen MR) is 76.8 cm³/mol. The molecule has 0 unspecified atom stereocenters. The maximum atomic E-state index is 11.0. The minimum atomic E-state index is 0.365. The van der Waals surface area contributed by atoms with Gasteiger partial charge in [-0.05, 0) is 5.56 Å². The Hall–Kier alpha value is -1.72. The summed E-state index contributed by atoms with van der Waals surface area (Å²) in [5, 5.41) is 0.831. The van der Waals surface area contributed by atoms with Gasteiger partial charge in [0.15, 0.2) is 11.4 Å². The lowest BCUT2D eigenvalue weighted by molar-refractivity contribution is 0.112. The Morgan fingerprint density at radius 3 is 2.74 bits per heavy atom. The minimum Gasteiger partial charge on any atom is -0.378 e. The second-order valence-corrected chi connectivity index (χ2v) is 5.21. The average molecular weight is 276 g/mol. The first kappa shape index (κ1) is 13.7. The van der Waals surface area contributed by atoms with E-state index in [0.717, 1.165) is 18.0 Å². The van der Waals surface area contributed by atoms with Gasteiger partial charge < -0.3 is 9.64 Å². The Bertz CT molecular complexity index is 540. The largest absolute Gasteiger partial charge is 0.378 e. The fraction of sp³-hybridized carbons (Fsp3) is 0.286. The molecule has 0 N–H and O–H groups in total. The van der Waals surface area contributed by atoms with E-state index in [4.69, 9.17) is 4.74 Å². The number of anilines is 1. The molecular formula is C14H16N2O2S. The lowest BCUT2D eigenvalue weighted by atomic mass is 10.2. The molecule has 2 rings (SSSR count). The second-order valence-electron chi connectivity index (χ2n) is 4.20. The molecule has 1 heterocycles. The van der Waals surface area contributed by atoms with Crippen LogP contribution < -0.4 is 4.90 Å². The van der Waals surface area contributed by atoms with Gasteiger partial charge in [-0.3, -0.25) is 4.79 Å². The van der Waals surface area contributed by atoms with Crippen molar-refractivity contribution in [1.29, 1.82) is 0 Å². The van der Waals surface area contributed by atoms with Crippen molar-refractivity contribution in [3.63, 3.8) is 0 Å². The van der Waals surface area contributed by atoms with E-state index in [1.54, 1.807) is 7.11 Å². The molecule has 1 aromatic carbocycles. The zero-order chi connectivity index (χ0) is 13.7. The molecule has 0 saturated carbocycles. The molecule has 0 bridgehead atoms. The molecule has 0 aliphatic rings. The third kappa shape index (κ3) is 3.39. The number of carbonyl (C=O) groups excluding carboxylic acids is 1. The number of aldehydes is 1. The average Bonchev–Trinajstić information content (AvgIpc) is 2.83. The Kier molecular flexibility index (Phi) is 4.65. The first-order chi connectivity index (χ1) is 9.24. The lowest BCUT2D eigenvalue weighted by Crippen LogP contribution is -2.16. The maximum absolute atomic E-state index is 11.0. The predicted octanol–water partition coefficient (Wildman–Crippen LogP) is 2.74. The van der Waals surface area contributed by atoms with E-state index in [1.165, 1.54) is 16.9 Å². The Labute approximate surface area is 116 Å². The summed E-state index contributed by atoms with van der Waals surface area (Å²) in [4.78, 5) is 18.1. The summed E-state index contributed by atoms with van der Waals surface area (Å²) in [5.74, 6) is 0. The molecule has 2 aromatic rings. The van der Waals surface area contributed by atoms with Gasteiger partial charge in [-0.15, -0.1) is 0 Å². The summed E-state index contributed by atoms with van der Waals surface area (Å²) < 4.78 is 5.05. The molecule has 0 atom stereocenters. The van der Waals surface area contributed by atoms with E-state index in [0.29, 0.717) is 17.2 Å². The number of nitrogens with zero attached hydrogens (tertiary/aromatic N) is 2. The van der Waals surface area contributed by atoms with E-state index in [9.17, 15) is 4.79 Å². The molecule has 19 heavy (non-hydrogen) atoms. The summed E-state index contributed by atoms with van der Waals surface area (Å²) >= 11 is 1.39. The molecule has 0 amide bonds. The van der Waals surface area contributed by atoms with Crippen molar-refractivity contribution in [1.82, 2.24) is 4.98 Å². The number of hydrogen-bond donors (Lipinski definition) is 0. The number of rotatable bonds is 6. The molecule has 0 fully saturated rings. The first-order valence-corrected chi connectivity index (χ1v) is 6.75. The highest BCUT2D eigenvalue weighted by Crippen LogP contribution is 2.25. The quantitative estimate of drug-likeness (QED) is 0.761. The fourth-order valence-electron chi connectivity index (χ4n) is 1.77. The Balaban J connectivity index is 2.15. The number of aromatic nitrogens is 1. The van der Waals surface area contributed by atoms with Gasteiger partial charge in [0.25, 0.3) is 0 Å². The van der Waals surface area contributed by atoms with E-state index >= 15 is 0 Å². The van der Waals surface area contributed by atoms with E-state index in [1.807, 2.05) is 30.1 Å². The highest BCUT2D eigenvalue weighted by Gasteiger charge is 2.13. The van der Waals surface area contributed by atoms with Crippen molar-refractivity contribution in [2.75, 3.05) is 19.1 Å². The molecule has 100 valence electrons. The minimum absolute atomic E-state index is 0.365. The molecule has 0 radical (unpaired) electrons. The third-order valence-electron chi connectivity index (χ3n) is 2.69. The van der Waals surface area contributed by atoms with E-state index in [2.05, 4.69) is 17.1 Å². The van der Waals surface area contributed by atoms with Crippen LogP contribution in [-0.4, -0.2) is 25.4 Å². The number of benzene rings is 1. The zero-order valence-electron chi connectivity index (χ0n) is 11.0. The Morgan fingerprint density at radius 1 is 1.37 bits per heavy atom. The van der Waals surface area contributed by atoms with Gasteiger partial charge in [-0.2, -0.15) is 0 Å². The van der Waals surface area contributed by atoms with Crippen molar-refractivity contribution in [2.45, 2.75) is 13.2 Å². The summed E-state index contributed by atoms with van der Waals surface area (Å²) in [6.07, 6.45) is 0.839. The molecule has 5 heteroatoms. The molecule has 0 aliphatic heterocycles. The molecular weight excluding hydrogens is 260 g/mol. The highest BCUT2D eigenvalue weighted by atomic mass is 32.1. The van der Waals surface area contributed by atoms with Crippen LogP contribution in [0.15, 0.2) is 30.3 Å². The van der Waals surface area contributed by atoms with Crippen LogP contribution in [0.25, 0.3) is 0 Å². The molecule has 0 aliphatic carbocycles. The first-order valence-electron chi connectivity index (χ1n) is 5.93. The number of carbonyl (C=O) groups is 1. The van der Waals surface area contributed by atoms with Crippen molar-refractivity contribution in [3.8, 4) is 0 Å². The van der Waals surface area contributed by atoms with Crippen LogP contribution in [0.3, 0.4) is 0 Å². The van der Waals surface area contributed by atoms with Crippen LogP contribution in [0.4, 0.5) is 5.13 Å². The number of hydrogen-bond acceptors (Lipinski definition) is 5. The number of ether oxygens (including phenoxy) is 1. The molecule has 1 aromatic heterocycles.